The first-order chi connectivity index (χ1) is 8.82. The molecule has 1 aromatic heterocycles. The summed E-state index contributed by atoms with van der Waals surface area (Å²) in [5.41, 5.74) is 0.492. The number of halogens is 1. The van der Waals surface area contributed by atoms with E-state index >= 15 is 0 Å². The summed E-state index contributed by atoms with van der Waals surface area (Å²) >= 11 is 6.84. The monoisotopic (exact) mass is 322 g/mol. The van der Waals surface area contributed by atoms with Crippen LogP contribution in [0.5, 0.6) is 0 Å². The molecule has 0 aromatic carbocycles. The Labute approximate surface area is 123 Å². The number of thiazole rings is 1. The van der Waals surface area contributed by atoms with Gasteiger partial charge in [-0.15, -0.1) is 0 Å². The molecule has 0 aliphatic heterocycles. The number of sulfonamides is 1. The number of hydrogen-bond acceptors (Lipinski definition) is 4. The SMILES string of the molecule is Cc1nc(Cl)sc1S(=O)(=O)N(C)C1CCC(C)CC1. The highest BCUT2D eigenvalue weighted by molar-refractivity contribution is 7.91. The molecule has 0 N–H and O–H groups in total. The molecule has 19 heavy (non-hydrogen) atoms. The third-order valence-electron chi connectivity index (χ3n) is 3.84. The molecule has 1 fully saturated rings. The Morgan fingerprint density at radius 3 is 2.37 bits per heavy atom. The van der Waals surface area contributed by atoms with Crippen molar-refractivity contribution in [3.8, 4) is 0 Å². The Hall–Kier alpha value is -0.170. The summed E-state index contributed by atoms with van der Waals surface area (Å²) in [5, 5.41) is 0. The first-order valence-corrected chi connectivity index (χ1v) is 9.06. The van der Waals surface area contributed by atoms with Crippen LogP contribution >= 0.6 is 22.9 Å². The molecule has 108 valence electrons. The normalized spacial score (nSPS) is 24.9. The number of aromatic nitrogens is 1. The van der Waals surface area contributed by atoms with Crippen LogP contribution in [0.2, 0.25) is 4.47 Å². The largest absolute Gasteiger partial charge is 0.254 e. The fourth-order valence-corrected chi connectivity index (χ4v) is 5.84. The maximum atomic E-state index is 12.6. The lowest BCUT2D eigenvalue weighted by atomic mass is 9.87. The van der Waals surface area contributed by atoms with Crippen LogP contribution in [0.4, 0.5) is 0 Å². The first kappa shape index (κ1) is 15.2. The van der Waals surface area contributed by atoms with Crippen molar-refractivity contribution >= 4 is 33.0 Å². The summed E-state index contributed by atoms with van der Waals surface area (Å²) in [6, 6.07) is 0.0986. The lowest BCUT2D eigenvalue weighted by Gasteiger charge is -2.32. The van der Waals surface area contributed by atoms with Gasteiger partial charge in [-0.25, -0.2) is 13.4 Å². The average molecular weight is 323 g/mol. The zero-order valence-corrected chi connectivity index (χ0v) is 13.8. The van der Waals surface area contributed by atoms with Crippen LogP contribution in [0.25, 0.3) is 0 Å². The second-order valence-electron chi connectivity index (χ2n) is 5.27. The lowest BCUT2D eigenvalue weighted by Crippen LogP contribution is -2.39. The molecule has 0 unspecified atom stereocenters. The van der Waals surface area contributed by atoms with Crippen molar-refractivity contribution in [3.63, 3.8) is 0 Å². The van der Waals surface area contributed by atoms with E-state index in [1.165, 1.54) is 4.31 Å². The zero-order chi connectivity index (χ0) is 14.2. The van der Waals surface area contributed by atoms with Gasteiger partial charge in [-0.3, -0.25) is 0 Å². The van der Waals surface area contributed by atoms with E-state index in [-0.39, 0.29) is 14.7 Å². The molecular weight excluding hydrogens is 304 g/mol. The van der Waals surface area contributed by atoms with Crippen molar-refractivity contribution in [2.75, 3.05) is 7.05 Å². The fourth-order valence-electron chi connectivity index (χ4n) is 2.52. The van der Waals surface area contributed by atoms with E-state index in [9.17, 15) is 8.42 Å². The molecule has 1 saturated carbocycles. The van der Waals surface area contributed by atoms with E-state index in [1.54, 1.807) is 14.0 Å². The van der Waals surface area contributed by atoms with Gasteiger partial charge in [0.15, 0.2) is 8.68 Å². The minimum absolute atomic E-state index is 0.0986. The Morgan fingerprint density at radius 2 is 1.89 bits per heavy atom. The van der Waals surface area contributed by atoms with Gasteiger partial charge >= 0.3 is 0 Å². The fraction of sp³-hybridized carbons (Fsp3) is 0.750. The van der Waals surface area contributed by atoms with Gasteiger partial charge in [-0.1, -0.05) is 29.9 Å². The minimum atomic E-state index is -3.46. The Kier molecular flexibility index (Phi) is 4.55. The molecule has 0 radical (unpaired) electrons. The average Bonchev–Trinajstić information content (AvgIpc) is 2.69. The Bertz CT molecular complexity index is 548. The van der Waals surface area contributed by atoms with Crippen LogP contribution in [0, 0.1) is 12.8 Å². The van der Waals surface area contributed by atoms with Crippen LogP contribution in [-0.2, 0) is 10.0 Å². The summed E-state index contributed by atoms with van der Waals surface area (Å²) in [5.74, 6) is 0.701. The molecule has 1 heterocycles. The molecule has 1 aromatic rings. The summed E-state index contributed by atoms with van der Waals surface area (Å²) < 4.78 is 27.2. The van der Waals surface area contributed by atoms with E-state index < -0.39 is 10.0 Å². The molecule has 1 aliphatic carbocycles. The van der Waals surface area contributed by atoms with Gasteiger partial charge in [-0.05, 0) is 38.5 Å². The van der Waals surface area contributed by atoms with Gasteiger partial charge in [0.2, 0.25) is 0 Å². The van der Waals surface area contributed by atoms with E-state index in [4.69, 9.17) is 11.6 Å². The predicted molar refractivity (Wildman–Crippen MR) is 78.2 cm³/mol. The smallest absolute Gasteiger partial charge is 0.229 e. The van der Waals surface area contributed by atoms with Gasteiger partial charge in [0.05, 0.1) is 5.69 Å². The van der Waals surface area contributed by atoms with Crippen molar-refractivity contribution in [2.45, 2.75) is 49.8 Å². The topological polar surface area (TPSA) is 50.3 Å². The molecule has 1 aliphatic rings. The summed E-state index contributed by atoms with van der Waals surface area (Å²) in [4.78, 5) is 4.00. The second-order valence-corrected chi connectivity index (χ2v) is 9.05. The van der Waals surface area contributed by atoms with Crippen LogP contribution in [0.3, 0.4) is 0 Å². The minimum Gasteiger partial charge on any atom is -0.229 e. The van der Waals surface area contributed by atoms with Crippen LogP contribution in [0.1, 0.15) is 38.3 Å². The number of rotatable bonds is 3. The second kappa shape index (κ2) is 5.68. The third-order valence-corrected chi connectivity index (χ3v) is 7.60. The van der Waals surface area contributed by atoms with E-state index in [0.29, 0.717) is 11.6 Å². The number of hydrogen-bond donors (Lipinski definition) is 0. The first-order valence-electron chi connectivity index (χ1n) is 6.43. The quantitative estimate of drug-likeness (QED) is 0.858. The molecule has 0 amide bonds. The van der Waals surface area contributed by atoms with Gasteiger partial charge < -0.3 is 0 Å². The van der Waals surface area contributed by atoms with Crippen LogP contribution in [0.15, 0.2) is 4.21 Å². The van der Waals surface area contributed by atoms with Gasteiger partial charge in [0, 0.05) is 13.1 Å². The van der Waals surface area contributed by atoms with Crippen molar-refractivity contribution in [3.05, 3.63) is 10.2 Å². The van der Waals surface area contributed by atoms with Gasteiger partial charge in [-0.2, -0.15) is 4.31 Å². The molecule has 0 atom stereocenters. The molecule has 0 spiro atoms. The number of nitrogens with zero attached hydrogens (tertiary/aromatic N) is 2. The molecule has 4 nitrogen and oxygen atoms in total. The van der Waals surface area contributed by atoms with E-state index in [0.717, 1.165) is 37.0 Å². The maximum Gasteiger partial charge on any atom is 0.254 e. The predicted octanol–water partition coefficient (Wildman–Crippen LogP) is 3.30. The van der Waals surface area contributed by atoms with Gasteiger partial charge in [0.1, 0.15) is 0 Å². The van der Waals surface area contributed by atoms with Crippen LogP contribution in [-0.4, -0.2) is 30.8 Å². The van der Waals surface area contributed by atoms with E-state index in [2.05, 4.69) is 11.9 Å². The summed E-state index contributed by atoms with van der Waals surface area (Å²) in [6.45, 7) is 3.91. The highest BCUT2D eigenvalue weighted by Crippen LogP contribution is 2.33. The lowest BCUT2D eigenvalue weighted by molar-refractivity contribution is 0.246. The van der Waals surface area contributed by atoms with Crippen molar-refractivity contribution in [1.29, 1.82) is 0 Å². The van der Waals surface area contributed by atoms with Gasteiger partial charge in [0.25, 0.3) is 10.0 Å². The Balaban J connectivity index is 2.22. The molecule has 2 rings (SSSR count). The summed E-state index contributed by atoms with van der Waals surface area (Å²) in [7, 11) is -1.79. The third kappa shape index (κ3) is 3.12. The van der Waals surface area contributed by atoms with Crippen LogP contribution < -0.4 is 0 Å². The zero-order valence-electron chi connectivity index (χ0n) is 11.4. The molecular formula is C12H19ClN2O2S2. The molecule has 7 heteroatoms. The van der Waals surface area contributed by atoms with Crippen molar-refractivity contribution < 1.29 is 8.42 Å². The standard InChI is InChI=1S/C12H19ClN2O2S2/c1-8-4-6-10(7-5-8)15(3)19(16,17)11-9(2)14-12(13)18-11/h8,10H,4-7H2,1-3H3. The molecule has 0 bridgehead atoms. The molecule has 0 saturated heterocycles. The number of aryl methyl sites for hydroxylation is 1. The Morgan fingerprint density at radius 1 is 1.32 bits per heavy atom. The highest BCUT2D eigenvalue weighted by Gasteiger charge is 2.33. The van der Waals surface area contributed by atoms with Crippen molar-refractivity contribution in [2.24, 2.45) is 5.92 Å². The van der Waals surface area contributed by atoms with E-state index in [1.807, 2.05) is 0 Å². The maximum absolute atomic E-state index is 12.6. The highest BCUT2D eigenvalue weighted by atomic mass is 35.5. The summed E-state index contributed by atoms with van der Waals surface area (Å²) in [6.07, 6.45) is 4.05. The van der Waals surface area contributed by atoms with Crippen molar-refractivity contribution in [1.82, 2.24) is 9.29 Å².